The van der Waals surface area contributed by atoms with Crippen LogP contribution in [-0.4, -0.2) is 46.7 Å². The van der Waals surface area contributed by atoms with Gasteiger partial charge < -0.3 is 25.0 Å². The van der Waals surface area contributed by atoms with E-state index in [2.05, 4.69) is 48.5 Å². The van der Waals surface area contributed by atoms with Crippen molar-refractivity contribution in [3.63, 3.8) is 0 Å². The number of aliphatic hydroxyl groups is 1. The molecule has 224 valence electrons. The fourth-order valence-corrected chi connectivity index (χ4v) is 5.18. The molecule has 1 fully saturated rings. The summed E-state index contributed by atoms with van der Waals surface area (Å²) in [6.07, 6.45) is 2.28. The van der Waals surface area contributed by atoms with Gasteiger partial charge in [-0.25, -0.2) is 0 Å². The predicted octanol–water partition coefficient (Wildman–Crippen LogP) is 6.39. The molecule has 8 heteroatoms. The standard InChI is InChI=1S/C34H42N2O6/c1-24(26-9-5-3-6-10-26)36(2)22-30-21-31(27-15-13-25(23-37)14-16-27)42-34(41-30)28-17-19-29(20-18-28)35-32(38)11-7-4-8-12-33(39)40/h3,5-6,9-10,13-20,24,30-31,34,37H,4,7-8,11-12,21-23H2,1-2H3,(H,35,38)(H,39,40)/t24-,30-,31+,34+/m0/s1. The summed E-state index contributed by atoms with van der Waals surface area (Å²) < 4.78 is 13.0. The molecule has 42 heavy (non-hydrogen) atoms. The molecule has 0 spiro atoms. The maximum atomic E-state index is 12.3. The van der Waals surface area contributed by atoms with Gasteiger partial charge in [0.2, 0.25) is 5.91 Å². The van der Waals surface area contributed by atoms with Gasteiger partial charge in [0.05, 0.1) is 18.8 Å². The van der Waals surface area contributed by atoms with E-state index in [1.165, 1.54) is 5.56 Å². The largest absolute Gasteiger partial charge is 0.481 e. The number of carboxylic acids is 1. The lowest BCUT2D eigenvalue weighted by Gasteiger charge is -2.39. The normalized spacial score (nSPS) is 19.4. The third kappa shape index (κ3) is 9.22. The number of carboxylic acid groups (broad SMARTS) is 1. The number of ether oxygens (including phenoxy) is 2. The van der Waals surface area contributed by atoms with Crippen molar-refractivity contribution in [2.75, 3.05) is 18.9 Å². The number of nitrogens with one attached hydrogen (secondary N) is 1. The van der Waals surface area contributed by atoms with Crippen molar-refractivity contribution in [2.24, 2.45) is 0 Å². The number of rotatable bonds is 14. The van der Waals surface area contributed by atoms with Crippen LogP contribution in [0.15, 0.2) is 78.9 Å². The number of amides is 1. The molecule has 1 saturated heterocycles. The summed E-state index contributed by atoms with van der Waals surface area (Å²) in [5, 5.41) is 21.1. The van der Waals surface area contributed by atoms with E-state index in [0.29, 0.717) is 37.8 Å². The zero-order valence-electron chi connectivity index (χ0n) is 24.4. The van der Waals surface area contributed by atoms with E-state index in [1.807, 2.05) is 54.6 Å². The second-order valence-corrected chi connectivity index (χ2v) is 11.0. The first kappa shape index (κ1) is 31.4. The Morgan fingerprint density at radius 1 is 0.905 bits per heavy atom. The van der Waals surface area contributed by atoms with Gasteiger partial charge in [-0.05, 0) is 55.6 Å². The zero-order valence-corrected chi connectivity index (χ0v) is 24.4. The number of carbonyl (C=O) groups excluding carboxylic acids is 1. The maximum Gasteiger partial charge on any atom is 0.303 e. The molecular formula is C34H42N2O6. The fourth-order valence-electron chi connectivity index (χ4n) is 5.18. The summed E-state index contributed by atoms with van der Waals surface area (Å²) in [7, 11) is 2.11. The van der Waals surface area contributed by atoms with Gasteiger partial charge in [0, 0.05) is 43.1 Å². The number of likely N-dealkylation sites (N-methyl/N-ethyl adjacent to an activating group) is 1. The van der Waals surface area contributed by atoms with Gasteiger partial charge in [-0.1, -0.05) is 73.2 Å². The number of nitrogens with zero attached hydrogens (tertiary/aromatic N) is 1. The van der Waals surface area contributed by atoms with E-state index in [-0.39, 0.29) is 37.2 Å². The molecule has 1 aliphatic rings. The van der Waals surface area contributed by atoms with Crippen molar-refractivity contribution in [1.82, 2.24) is 4.90 Å². The molecule has 4 rings (SSSR count). The Morgan fingerprint density at radius 3 is 2.24 bits per heavy atom. The number of unbranched alkanes of at least 4 members (excludes halogenated alkanes) is 2. The van der Waals surface area contributed by atoms with E-state index in [0.717, 1.165) is 23.2 Å². The monoisotopic (exact) mass is 574 g/mol. The molecule has 3 N–H and O–H groups in total. The van der Waals surface area contributed by atoms with E-state index in [9.17, 15) is 14.7 Å². The maximum absolute atomic E-state index is 12.3. The molecule has 3 aromatic rings. The minimum absolute atomic E-state index is 0.00402. The van der Waals surface area contributed by atoms with Crippen molar-refractivity contribution in [1.29, 1.82) is 0 Å². The fraction of sp³-hybridized carbons (Fsp3) is 0.412. The van der Waals surface area contributed by atoms with Gasteiger partial charge in [-0.15, -0.1) is 0 Å². The average molecular weight is 575 g/mol. The molecule has 1 aliphatic heterocycles. The summed E-state index contributed by atoms with van der Waals surface area (Å²) in [4.78, 5) is 25.3. The van der Waals surface area contributed by atoms with Crippen LogP contribution in [-0.2, 0) is 25.7 Å². The minimum Gasteiger partial charge on any atom is -0.481 e. The molecule has 0 saturated carbocycles. The Balaban J connectivity index is 1.41. The quantitative estimate of drug-likeness (QED) is 0.192. The van der Waals surface area contributed by atoms with E-state index in [1.54, 1.807) is 0 Å². The summed E-state index contributed by atoms with van der Waals surface area (Å²) in [6.45, 7) is 2.91. The molecule has 1 amide bonds. The third-order valence-electron chi connectivity index (χ3n) is 7.81. The highest BCUT2D eigenvalue weighted by atomic mass is 16.7. The van der Waals surface area contributed by atoms with Crippen molar-refractivity contribution >= 4 is 17.6 Å². The number of anilines is 1. The molecule has 4 atom stereocenters. The smallest absolute Gasteiger partial charge is 0.303 e. The van der Waals surface area contributed by atoms with Gasteiger partial charge in [-0.2, -0.15) is 0 Å². The molecule has 8 nitrogen and oxygen atoms in total. The topological polar surface area (TPSA) is 108 Å². The lowest BCUT2D eigenvalue weighted by Crippen LogP contribution is -2.38. The zero-order chi connectivity index (χ0) is 29.9. The highest BCUT2D eigenvalue weighted by Crippen LogP contribution is 2.39. The Morgan fingerprint density at radius 2 is 1.57 bits per heavy atom. The lowest BCUT2D eigenvalue weighted by molar-refractivity contribution is -0.253. The number of aliphatic hydroxyl groups excluding tert-OH is 1. The average Bonchev–Trinajstić information content (AvgIpc) is 3.01. The van der Waals surface area contributed by atoms with Gasteiger partial charge in [-0.3, -0.25) is 14.5 Å². The van der Waals surface area contributed by atoms with Crippen LogP contribution in [0.5, 0.6) is 0 Å². The summed E-state index contributed by atoms with van der Waals surface area (Å²) in [5.41, 5.74) is 4.69. The molecule has 0 aromatic heterocycles. The molecule has 0 bridgehead atoms. The summed E-state index contributed by atoms with van der Waals surface area (Å²) in [5.74, 6) is -0.901. The highest BCUT2D eigenvalue weighted by molar-refractivity contribution is 5.90. The first-order valence-electron chi connectivity index (χ1n) is 14.7. The van der Waals surface area contributed by atoms with Crippen LogP contribution >= 0.6 is 0 Å². The van der Waals surface area contributed by atoms with Crippen molar-refractivity contribution in [3.05, 3.63) is 101 Å². The predicted molar refractivity (Wildman–Crippen MR) is 162 cm³/mol. The van der Waals surface area contributed by atoms with Gasteiger partial charge in [0.15, 0.2) is 6.29 Å². The van der Waals surface area contributed by atoms with Crippen molar-refractivity contribution < 1.29 is 29.3 Å². The van der Waals surface area contributed by atoms with Gasteiger partial charge in [0.1, 0.15) is 0 Å². The van der Waals surface area contributed by atoms with E-state index in [4.69, 9.17) is 14.6 Å². The van der Waals surface area contributed by atoms with Gasteiger partial charge in [0.25, 0.3) is 0 Å². The molecule has 0 unspecified atom stereocenters. The third-order valence-corrected chi connectivity index (χ3v) is 7.81. The summed E-state index contributed by atoms with van der Waals surface area (Å²) >= 11 is 0. The highest BCUT2D eigenvalue weighted by Gasteiger charge is 2.33. The van der Waals surface area contributed by atoms with Crippen molar-refractivity contribution in [2.45, 2.75) is 76.6 Å². The first-order chi connectivity index (χ1) is 20.3. The molecule has 1 heterocycles. The Kier molecular flexibility index (Phi) is 11.7. The molecule has 0 radical (unpaired) electrons. The number of aliphatic carboxylic acids is 1. The van der Waals surface area contributed by atoms with E-state index < -0.39 is 12.3 Å². The van der Waals surface area contributed by atoms with Crippen LogP contribution in [0.25, 0.3) is 0 Å². The van der Waals surface area contributed by atoms with E-state index >= 15 is 0 Å². The van der Waals surface area contributed by atoms with Crippen LogP contribution in [0, 0.1) is 0 Å². The Labute approximate surface area is 248 Å². The molecular weight excluding hydrogens is 532 g/mol. The number of hydrogen-bond donors (Lipinski definition) is 3. The molecule has 0 aliphatic carbocycles. The number of carbonyl (C=O) groups is 2. The SMILES string of the molecule is C[C@@H](c1ccccc1)N(C)C[C@@H]1C[C@H](c2ccc(CO)cc2)O[C@H](c2ccc(NC(=O)CCCCCC(=O)O)cc2)O1. The second kappa shape index (κ2) is 15.6. The number of hydrogen-bond acceptors (Lipinski definition) is 6. The van der Waals surface area contributed by atoms with Crippen LogP contribution in [0.1, 0.15) is 86.1 Å². The van der Waals surface area contributed by atoms with Gasteiger partial charge >= 0.3 is 5.97 Å². The van der Waals surface area contributed by atoms with Crippen LogP contribution in [0.3, 0.4) is 0 Å². The molecule has 3 aromatic carbocycles. The van der Waals surface area contributed by atoms with Crippen LogP contribution in [0.4, 0.5) is 5.69 Å². The van der Waals surface area contributed by atoms with Crippen molar-refractivity contribution in [3.8, 4) is 0 Å². The van der Waals surface area contributed by atoms with Crippen LogP contribution < -0.4 is 5.32 Å². The minimum atomic E-state index is -0.809. The Bertz CT molecular complexity index is 1270. The van der Waals surface area contributed by atoms with Crippen LogP contribution in [0.2, 0.25) is 0 Å². The first-order valence-corrected chi connectivity index (χ1v) is 14.7. The second-order valence-electron chi connectivity index (χ2n) is 11.0. The number of benzene rings is 3. The summed E-state index contributed by atoms with van der Waals surface area (Å²) in [6, 6.07) is 26.0. The lowest BCUT2D eigenvalue weighted by atomic mass is 9.99. The Hall–Kier alpha value is -3.56.